The molecule has 1 aliphatic rings. The Bertz CT molecular complexity index is 592. The Hall–Kier alpha value is -1.88. The monoisotopic (exact) mass is 274 g/mol. The number of methoxy groups -OCH3 is 1. The number of rotatable bonds is 3. The first-order chi connectivity index (χ1) is 9.69. The van der Waals surface area contributed by atoms with E-state index in [-0.39, 0.29) is 5.92 Å². The molecule has 0 saturated carbocycles. The highest BCUT2D eigenvalue weighted by molar-refractivity contribution is 5.60. The molecule has 1 atom stereocenters. The van der Waals surface area contributed by atoms with Gasteiger partial charge in [0.2, 0.25) is 0 Å². The first kappa shape index (κ1) is 13.1. The van der Waals surface area contributed by atoms with Crippen molar-refractivity contribution in [2.24, 2.45) is 0 Å². The molecule has 0 bridgehead atoms. The van der Waals surface area contributed by atoms with Crippen LogP contribution in [0.3, 0.4) is 0 Å². The van der Waals surface area contributed by atoms with Crippen molar-refractivity contribution in [2.45, 2.75) is 26.2 Å². The van der Waals surface area contributed by atoms with Crippen molar-refractivity contribution < 1.29 is 14.0 Å². The SMILES string of the molecule is COc1c(C)cc(-c2nc(C3CCOC3)no2)cc1C. The molecule has 0 N–H and O–H groups in total. The molecule has 5 nitrogen and oxygen atoms in total. The summed E-state index contributed by atoms with van der Waals surface area (Å²) in [5.74, 6) is 2.45. The molecule has 0 amide bonds. The summed E-state index contributed by atoms with van der Waals surface area (Å²) in [6, 6.07) is 4.02. The molecule has 2 heterocycles. The van der Waals surface area contributed by atoms with Crippen LogP contribution in [0.2, 0.25) is 0 Å². The highest BCUT2D eigenvalue weighted by atomic mass is 16.5. The second-order valence-electron chi connectivity index (χ2n) is 5.16. The zero-order valence-corrected chi connectivity index (χ0v) is 12.0. The molecular weight excluding hydrogens is 256 g/mol. The van der Waals surface area contributed by atoms with E-state index in [1.54, 1.807) is 7.11 Å². The Morgan fingerprint density at radius 2 is 2.00 bits per heavy atom. The predicted molar refractivity (Wildman–Crippen MR) is 73.9 cm³/mol. The van der Waals surface area contributed by atoms with E-state index < -0.39 is 0 Å². The third-order valence-corrected chi connectivity index (χ3v) is 3.65. The summed E-state index contributed by atoms with van der Waals surface area (Å²) in [5.41, 5.74) is 3.05. The minimum absolute atomic E-state index is 0.257. The first-order valence-corrected chi connectivity index (χ1v) is 6.76. The highest BCUT2D eigenvalue weighted by Crippen LogP contribution is 2.30. The van der Waals surface area contributed by atoms with Gasteiger partial charge in [-0.15, -0.1) is 0 Å². The fourth-order valence-electron chi connectivity index (χ4n) is 2.65. The largest absolute Gasteiger partial charge is 0.496 e. The fourth-order valence-corrected chi connectivity index (χ4v) is 2.65. The van der Waals surface area contributed by atoms with Crippen LogP contribution in [0, 0.1) is 13.8 Å². The Balaban J connectivity index is 1.93. The van der Waals surface area contributed by atoms with Crippen LogP contribution in [0.4, 0.5) is 0 Å². The molecule has 1 saturated heterocycles. The van der Waals surface area contributed by atoms with Crippen molar-refractivity contribution in [1.29, 1.82) is 0 Å². The molecule has 1 aromatic carbocycles. The van der Waals surface area contributed by atoms with Crippen LogP contribution in [-0.4, -0.2) is 30.5 Å². The molecule has 0 spiro atoms. The van der Waals surface area contributed by atoms with Crippen molar-refractivity contribution in [1.82, 2.24) is 10.1 Å². The van der Waals surface area contributed by atoms with Crippen LogP contribution < -0.4 is 4.74 Å². The summed E-state index contributed by atoms with van der Waals surface area (Å²) in [5, 5.41) is 4.08. The molecule has 0 radical (unpaired) electrons. The summed E-state index contributed by atoms with van der Waals surface area (Å²) in [6.45, 7) is 5.48. The third-order valence-electron chi connectivity index (χ3n) is 3.65. The summed E-state index contributed by atoms with van der Waals surface area (Å²) in [7, 11) is 1.68. The van der Waals surface area contributed by atoms with Crippen molar-refractivity contribution in [3.63, 3.8) is 0 Å². The van der Waals surface area contributed by atoms with Gasteiger partial charge >= 0.3 is 0 Å². The second kappa shape index (κ2) is 5.25. The van der Waals surface area contributed by atoms with Crippen LogP contribution in [-0.2, 0) is 4.74 Å². The fraction of sp³-hybridized carbons (Fsp3) is 0.467. The number of nitrogens with zero attached hydrogens (tertiary/aromatic N) is 2. The van der Waals surface area contributed by atoms with Crippen LogP contribution in [0.5, 0.6) is 5.75 Å². The van der Waals surface area contributed by atoms with Crippen molar-refractivity contribution in [3.8, 4) is 17.2 Å². The highest BCUT2D eigenvalue weighted by Gasteiger charge is 2.23. The standard InChI is InChI=1S/C15H18N2O3/c1-9-6-12(7-10(2)13(9)18-3)15-16-14(17-20-15)11-4-5-19-8-11/h6-7,11H,4-5,8H2,1-3H3. The number of benzene rings is 1. The molecular formula is C15H18N2O3. The number of aromatic nitrogens is 2. The molecule has 106 valence electrons. The van der Waals surface area contributed by atoms with E-state index in [0.29, 0.717) is 12.5 Å². The van der Waals surface area contributed by atoms with Crippen molar-refractivity contribution >= 4 is 0 Å². The maximum Gasteiger partial charge on any atom is 0.257 e. The number of hydrogen-bond acceptors (Lipinski definition) is 5. The van der Waals surface area contributed by atoms with E-state index in [1.165, 1.54) is 0 Å². The molecule has 1 unspecified atom stereocenters. The van der Waals surface area contributed by atoms with Gasteiger partial charge in [-0.3, -0.25) is 0 Å². The zero-order chi connectivity index (χ0) is 14.1. The average molecular weight is 274 g/mol. The van der Waals surface area contributed by atoms with Gasteiger partial charge in [-0.05, 0) is 43.5 Å². The van der Waals surface area contributed by atoms with E-state index in [0.717, 1.165) is 41.3 Å². The predicted octanol–water partition coefficient (Wildman–Crippen LogP) is 2.87. The topological polar surface area (TPSA) is 57.4 Å². The van der Waals surface area contributed by atoms with E-state index in [2.05, 4.69) is 10.1 Å². The van der Waals surface area contributed by atoms with Gasteiger partial charge in [-0.1, -0.05) is 5.16 Å². The summed E-state index contributed by atoms with van der Waals surface area (Å²) < 4.78 is 16.1. The van der Waals surface area contributed by atoms with Gasteiger partial charge in [0.25, 0.3) is 5.89 Å². The Kier molecular flexibility index (Phi) is 3.44. The van der Waals surface area contributed by atoms with E-state index in [4.69, 9.17) is 14.0 Å². The van der Waals surface area contributed by atoms with Gasteiger partial charge in [0.05, 0.1) is 13.7 Å². The van der Waals surface area contributed by atoms with Gasteiger partial charge < -0.3 is 14.0 Å². The molecule has 1 aliphatic heterocycles. The summed E-state index contributed by atoms with van der Waals surface area (Å²) in [6.07, 6.45) is 0.958. The quantitative estimate of drug-likeness (QED) is 0.861. The van der Waals surface area contributed by atoms with Crippen molar-refractivity contribution in [3.05, 3.63) is 29.1 Å². The zero-order valence-electron chi connectivity index (χ0n) is 12.0. The maximum absolute atomic E-state index is 5.39. The van der Waals surface area contributed by atoms with E-state index in [9.17, 15) is 0 Å². The van der Waals surface area contributed by atoms with Gasteiger partial charge in [-0.25, -0.2) is 0 Å². The second-order valence-corrected chi connectivity index (χ2v) is 5.16. The lowest BCUT2D eigenvalue weighted by molar-refractivity contribution is 0.192. The molecule has 1 aromatic heterocycles. The van der Waals surface area contributed by atoms with Crippen LogP contribution in [0.1, 0.15) is 29.3 Å². The number of ether oxygens (including phenoxy) is 2. The average Bonchev–Trinajstić information content (AvgIpc) is 3.09. The first-order valence-electron chi connectivity index (χ1n) is 6.76. The van der Waals surface area contributed by atoms with Gasteiger partial charge in [-0.2, -0.15) is 4.98 Å². The molecule has 3 rings (SSSR count). The number of aryl methyl sites for hydroxylation is 2. The smallest absolute Gasteiger partial charge is 0.257 e. The van der Waals surface area contributed by atoms with E-state index in [1.807, 2.05) is 26.0 Å². The lowest BCUT2D eigenvalue weighted by Gasteiger charge is -2.09. The maximum atomic E-state index is 5.39. The minimum Gasteiger partial charge on any atom is -0.496 e. The Morgan fingerprint density at radius 3 is 2.60 bits per heavy atom. The molecule has 2 aromatic rings. The van der Waals surface area contributed by atoms with Crippen LogP contribution in [0.25, 0.3) is 11.5 Å². The summed E-state index contributed by atoms with van der Waals surface area (Å²) in [4.78, 5) is 4.50. The van der Waals surface area contributed by atoms with Gasteiger partial charge in [0.15, 0.2) is 5.82 Å². The summed E-state index contributed by atoms with van der Waals surface area (Å²) >= 11 is 0. The molecule has 1 fully saturated rings. The lowest BCUT2D eigenvalue weighted by Crippen LogP contribution is -1.99. The molecule has 20 heavy (non-hydrogen) atoms. The lowest BCUT2D eigenvalue weighted by atomic mass is 10.1. The minimum atomic E-state index is 0.257. The Labute approximate surface area is 117 Å². The Morgan fingerprint density at radius 1 is 1.25 bits per heavy atom. The van der Waals surface area contributed by atoms with Crippen LogP contribution in [0.15, 0.2) is 16.7 Å². The third kappa shape index (κ3) is 2.29. The normalized spacial score (nSPS) is 18.4. The van der Waals surface area contributed by atoms with Gasteiger partial charge in [0, 0.05) is 18.1 Å². The van der Waals surface area contributed by atoms with Crippen LogP contribution >= 0.6 is 0 Å². The number of hydrogen-bond donors (Lipinski definition) is 0. The molecule has 5 heteroatoms. The van der Waals surface area contributed by atoms with Gasteiger partial charge in [0.1, 0.15) is 5.75 Å². The van der Waals surface area contributed by atoms with E-state index >= 15 is 0 Å². The van der Waals surface area contributed by atoms with Crippen molar-refractivity contribution in [2.75, 3.05) is 20.3 Å². The molecule has 0 aliphatic carbocycles.